The molecule has 6 nitrogen and oxygen atoms in total. The van der Waals surface area contributed by atoms with Gasteiger partial charge in [0.1, 0.15) is 11.3 Å². The van der Waals surface area contributed by atoms with Crippen molar-refractivity contribution < 1.29 is 9.15 Å². The average molecular weight is 443 g/mol. The van der Waals surface area contributed by atoms with Crippen LogP contribution < -0.4 is 10.6 Å². The zero-order chi connectivity index (χ0) is 21.0. The van der Waals surface area contributed by atoms with E-state index in [-0.39, 0.29) is 5.54 Å². The highest BCUT2D eigenvalue weighted by Crippen LogP contribution is 2.49. The maximum atomic E-state index is 6.76. The Hall–Kier alpha value is -1.73. The quantitative estimate of drug-likeness (QED) is 0.741. The summed E-state index contributed by atoms with van der Waals surface area (Å²) in [5, 5.41) is 8.91. The number of anilines is 1. The molecule has 4 aliphatic rings. The first-order valence-corrected chi connectivity index (χ1v) is 12.0. The summed E-state index contributed by atoms with van der Waals surface area (Å²) in [5.74, 6) is 1.85. The van der Waals surface area contributed by atoms with Gasteiger partial charge in [0.15, 0.2) is 0 Å². The predicted octanol–water partition coefficient (Wildman–Crippen LogP) is 4.25. The van der Waals surface area contributed by atoms with Gasteiger partial charge < -0.3 is 19.8 Å². The highest BCUT2D eigenvalue weighted by molar-refractivity contribution is 6.34. The van der Waals surface area contributed by atoms with Gasteiger partial charge >= 0.3 is 0 Å². The molecule has 1 aromatic heterocycles. The Morgan fingerprint density at radius 2 is 1.87 bits per heavy atom. The first-order chi connectivity index (χ1) is 15.1. The van der Waals surface area contributed by atoms with Crippen molar-refractivity contribution in [3.8, 4) is 0 Å². The van der Waals surface area contributed by atoms with Gasteiger partial charge in [0, 0.05) is 37.1 Å². The molecule has 1 aromatic carbocycles. The van der Waals surface area contributed by atoms with Crippen LogP contribution in [0.4, 0.5) is 5.69 Å². The van der Waals surface area contributed by atoms with E-state index >= 15 is 0 Å². The van der Waals surface area contributed by atoms with Crippen molar-refractivity contribution >= 4 is 28.3 Å². The van der Waals surface area contributed by atoms with Gasteiger partial charge in [0.05, 0.1) is 47.9 Å². The third kappa shape index (κ3) is 3.44. The number of piperazine rings is 1. The third-order valence-corrected chi connectivity index (χ3v) is 7.88. The van der Waals surface area contributed by atoms with E-state index < -0.39 is 0 Å². The smallest absolute Gasteiger partial charge is 0.142 e. The summed E-state index contributed by atoms with van der Waals surface area (Å²) < 4.78 is 11.9. The van der Waals surface area contributed by atoms with Crippen LogP contribution in [0.3, 0.4) is 0 Å². The highest BCUT2D eigenvalue weighted by Gasteiger charge is 2.42. The molecule has 2 N–H and O–H groups in total. The third-order valence-electron chi connectivity index (χ3n) is 7.58. The number of rotatable bonds is 3. The Morgan fingerprint density at radius 3 is 2.58 bits per heavy atom. The SMILES string of the molecule is C=C1Nc2c(Cl)cc3cc(CN4CCN(C5COC5)CC4)oc3c2C2(CCCCC2)N1. The molecule has 3 fully saturated rings. The van der Waals surface area contributed by atoms with E-state index in [1.54, 1.807) is 0 Å². The van der Waals surface area contributed by atoms with Gasteiger partial charge in [-0.2, -0.15) is 0 Å². The Kier molecular flexibility index (Phi) is 4.94. The van der Waals surface area contributed by atoms with Crippen LogP contribution in [0.1, 0.15) is 43.4 Å². The fourth-order valence-electron chi connectivity index (χ4n) is 5.86. The van der Waals surface area contributed by atoms with E-state index in [9.17, 15) is 0 Å². The van der Waals surface area contributed by atoms with Crippen LogP contribution in [0.25, 0.3) is 11.0 Å². The second kappa shape index (κ2) is 7.69. The Bertz CT molecular complexity index is 1000. The van der Waals surface area contributed by atoms with Gasteiger partial charge in [-0.1, -0.05) is 37.4 Å². The summed E-state index contributed by atoms with van der Waals surface area (Å²) >= 11 is 6.76. The van der Waals surface area contributed by atoms with Crippen molar-refractivity contribution in [1.82, 2.24) is 15.1 Å². The topological polar surface area (TPSA) is 52.9 Å². The van der Waals surface area contributed by atoms with E-state index in [0.29, 0.717) is 6.04 Å². The van der Waals surface area contributed by atoms with Gasteiger partial charge in [-0.25, -0.2) is 0 Å². The lowest BCUT2D eigenvalue weighted by Crippen LogP contribution is -2.56. The molecule has 0 unspecified atom stereocenters. The molecule has 1 spiro atoms. The van der Waals surface area contributed by atoms with Gasteiger partial charge in [-0.15, -0.1) is 0 Å². The molecule has 0 radical (unpaired) electrons. The van der Waals surface area contributed by atoms with Crippen LogP contribution in [-0.4, -0.2) is 55.2 Å². The van der Waals surface area contributed by atoms with Gasteiger partial charge in [-0.3, -0.25) is 9.80 Å². The van der Waals surface area contributed by atoms with Crippen molar-refractivity contribution in [2.45, 2.75) is 50.2 Å². The molecule has 3 aliphatic heterocycles. The highest BCUT2D eigenvalue weighted by atomic mass is 35.5. The first-order valence-electron chi connectivity index (χ1n) is 11.6. The molecular formula is C24H31ClN4O2. The lowest BCUT2D eigenvalue weighted by Gasteiger charge is -2.44. The van der Waals surface area contributed by atoms with Crippen LogP contribution in [-0.2, 0) is 16.8 Å². The maximum absolute atomic E-state index is 6.76. The summed E-state index contributed by atoms with van der Waals surface area (Å²) in [5.41, 5.74) is 3.01. The summed E-state index contributed by atoms with van der Waals surface area (Å²) in [4.78, 5) is 5.06. The molecule has 1 saturated carbocycles. The summed E-state index contributed by atoms with van der Waals surface area (Å²) in [7, 11) is 0. The predicted molar refractivity (Wildman–Crippen MR) is 123 cm³/mol. The van der Waals surface area contributed by atoms with E-state index in [0.717, 1.165) is 92.0 Å². The minimum absolute atomic E-state index is 0.134. The molecule has 7 heteroatoms. The van der Waals surface area contributed by atoms with Crippen LogP contribution in [0.5, 0.6) is 0 Å². The van der Waals surface area contributed by atoms with Crippen LogP contribution in [0, 0.1) is 0 Å². The Balaban J connectivity index is 1.30. The fraction of sp³-hybridized carbons (Fsp3) is 0.583. The zero-order valence-electron chi connectivity index (χ0n) is 18.0. The minimum Gasteiger partial charge on any atom is -0.459 e. The average Bonchev–Trinajstić information content (AvgIpc) is 3.10. The molecular weight excluding hydrogens is 412 g/mol. The second-order valence-electron chi connectivity index (χ2n) is 9.61. The molecule has 2 saturated heterocycles. The normalized spacial score (nSPS) is 24.6. The Morgan fingerprint density at radius 1 is 1.10 bits per heavy atom. The fourth-order valence-corrected chi connectivity index (χ4v) is 6.12. The van der Waals surface area contributed by atoms with Crippen molar-refractivity contribution in [3.63, 3.8) is 0 Å². The van der Waals surface area contributed by atoms with E-state index in [4.69, 9.17) is 20.8 Å². The molecule has 6 rings (SSSR count). The standard InChI is InChI=1S/C24H31ClN4O2/c1-16-26-22-20(25)12-17-11-19(13-28-7-9-29(10-8-28)18-14-30-15-18)31-23(17)21(22)24(27-16)5-3-2-4-6-24/h11-12,18,26-27H,1-10,13-15H2. The number of benzene rings is 1. The number of hydrogen-bond donors (Lipinski definition) is 2. The maximum Gasteiger partial charge on any atom is 0.142 e. The molecule has 1 aliphatic carbocycles. The van der Waals surface area contributed by atoms with E-state index in [1.165, 1.54) is 24.8 Å². The summed E-state index contributed by atoms with van der Waals surface area (Å²) in [6.45, 7) is 11.1. The minimum atomic E-state index is -0.134. The molecule has 2 aromatic rings. The van der Waals surface area contributed by atoms with Crippen molar-refractivity contribution in [3.05, 3.63) is 40.9 Å². The molecule has 4 heterocycles. The van der Waals surface area contributed by atoms with Crippen molar-refractivity contribution in [2.24, 2.45) is 0 Å². The van der Waals surface area contributed by atoms with Crippen molar-refractivity contribution in [1.29, 1.82) is 0 Å². The number of furan rings is 1. The van der Waals surface area contributed by atoms with Crippen LogP contribution >= 0.6 is 11.6 Å². The van der Waals surface area contributed by atoms with Crippen molar-refractivity contribution in [2.75, 3.05) is 44.7 Å². The molecule has 0 atom stereocenters. The monoisotopic (exact) mass is 442 g/mol. The number of nitrogens with one attached hydrogen (secondary N) is 2. The van der Waals surface area contributed by atoms with Gasteiger partial charge in [0.2, 0.25) is 0 Å². The lowest BCUT2D eigenvalue weighted by atomic mass is 9.74. The Labute approximate surface area is 188 Å². The summed E-state index contributed by atoms with van der Waals surface area (Å²) in [6.07, 6.45) is 5.86. The number of ether oxygens (including phenoxy) is 1. The summed E-state index contributed by atoms with van der Waals surface area (Å²) in [6, 6.07) is 4.86. The number of fused-ring (bicyclic) bond motifs is 4. The zero-order valence-corrected chi connectivity index (χ0v) is 18.8. The number of nitrogens with zero attached hydrogens (tertiary/aromatic N) is 2. The van der Waals surface area contributed by atoms with Crippen LogP contribution in [0.2, 0.25) is 5.02 Å². The molecule has 166 valence electrons. The largest absolute Gasteiger partial charge is 0.459 e. The first kappa shape index (κ1) is 19.9. The van der Waals surface area contributed by atoms with E-state index in [1.807, 2.05) is 6.07 Å². The van der Waals surface area contributed by atoms with Gasteiger partial charge in [0.25, 0.3) is 0 Å². The second-order valence-corrected chi connectivity index (χ2v) is 10.0. The molecule has 0 amide bonds. The lowest BCUT2D eigenvalue weighted by molar-refractivity contribution is -0.0776. The van der Waals surface area contributed by atoms with Crippen LogP contribution in [0.15, 0.2) is 28.9 Å². The van der Waals surface area contributed by atoms with E-state index in [2.05, 4.69) is 33.1 Å². The number of hydrogen-bond acceptors (Lipinski definition) is 6. The van der Waals surface area contributed by atoms with Gasteiger partial charge in [-0.05, 0) is 25.0 Å². The molecule has 0 bridgehead atoms. The molecule has 31 heavy (non-hydrogen) atoms. The number of halogens is 1.